The first-order valence-corrected chi connectivity index (χ1v) is 10.8. The average molecular weight is 319 g/mol. The lowest BCUT2D eigenvalue weighted by molar-refractivity contribution is 0.255. The van der Waals surface area contributed by atoms with Crippen LogP contribution in [0.25, 0.3) is 0 Å². The molecule has 2 atom stereocenters. The van der Waals surface area contributed by atoms with Crippen LogP contribution < -0.4 is 5.32 Å². The second-order valence-corrected chi connectivity index (χ2v) is 12.0. The Bertz CT molecular complexity index is 391. The second-order valence-electron chi connectivity index (χ2n) is 7.41. The lowest BCUT2D eigenvalue weighted by Gasteiger charge is -2.34. The van der Waals surface area contributed by atoms with Crippen LogP contribution in [-0.4, -0.2) is 28.7 Å². The maximum absolute atomic E-state index is 13.1. The summed E-state index contributed by atoms with van der Waals surface area (Å²) in [5, 5.41) is 3.74. The molecule has 1 N–H and O–H groups in total. The van der Waals surface area contributed by atoms with Gasteiger partial charge in [-0.2, -0.15) is 0 Å². The number of hydrogen-bond donors (Lipinski definition) is 1. The Labute approximate surface area is 128 Å². The predicted octanol–water partition coefficient (Wildman–Crippen LogP) is 4.67. The molecule has 118 valence electrons. The summed E-state index contributed by atoms with van der Waals surface area (Å²) in [6.45, 7) is 11.0. The molecule has 2 fully saturated rings. The zero-order chi connectivity index (χ0) is 15.0. The summed E-state index contributed by atoms with van der Waals surface area (Å²) < 4.78 is 18.9. The van der Waals surface area contributed by atoms with E-state index in [0.717, 1.165) is 0 Å². The lowest BCUT2D eigenvalue weighted by atomic mass is 9.94. The highest BCUT2D eigenvalue weighted by molar-refractivity contribution is 8.02. The van der Waals surface area contributed by atoms with E-state index < -0.39 is 7.37 Å². The third-order valence-electron chi connectivity index (χ3n) is 4.31. The van der Waals surface area contributed by atoms with E-state index in [-0.39, 0.29) is 15.4 Å². The Morgan fingerprint density at radius 3 is 2.45 bits per heavy atom. The summed E-state index contributed by atoms with van der Waals surface area (Å²) >= 11 is 2.00. The van der Waals surface area contributed by atoms with Gasteiger partial charge in [0, 0.05) is 11.4 Å². The van der Waals surface area contributed by atoms with Crippen LogP contribution in [0.5, 0.6) is 0 Å². The fourth-order valence-corrected chi connectivity index (χ4v) is 8.46. The Balaban J connectivity index is 2.12. The van der Waals surface area contributed by atoms with Gasteiger partial charge in [0.15, 0.2) is 0 Å². The van der Waals surface area contributed by atoms with E-state index >= 15 is 0 Å². The van der Waals surface area contributed by atoms with Crippen LogP contribution in [-0.2, 0) is 9.09 Å². The first-order chi connectivity index (χ1) is 9.17. The van der Waals surface area contributed by atoms with Gasteiger partial charge in [0.1, 0.15) is 0 Å². The van der Waals surface area contributed by atoms with E-state index in [1.54, 1.807) is 0 Å². The van der Waals surface area contributed by atoms with Gasteiger partial charge in [-0.15, -0.1) is 11.8 Å². The molecule has 3 nitrogen and oxygen atoms in total. The second kappa shape index (κ2) is 5.95. The molecule has 0 aromatic heterocycles. The topological polar surface area (TPSA) is 38.3 Å². The molecule has 0 radical (unpaired) electrons. The van der Waals surface area contributed by atoms with Crippen molar-refractivity contribution in [3.8, 4) is 0 Å². The molecule has 2 unspecified atom stereocenters. The van der Waals surface area contributed by atoms with Gasteiger partial charge in [-0.05, 0) is 32.6 Å². The van der Waals surface area contributed by atoms with E-state index in [0.29, 0.717) is 12.5 Å². The summed E-state index contributed by atoms with van der Waals surface area (Å²) in [6, 6.07) is 0. The van der Waals surface area contributed by atoms with Crippen LogP contribution in [0.1, 0.15) is 59.8 Å². The predicted molar refractivity (Wildman–Crippen MR) is 88.7 cm³/mol. The van der Waals surface area contributed by atoms with Crippen LogP contribution in [0.2, 0.25) is 0 Å². The summed E-state index contributed by atoms with van der Waals surface area (Å²) in [5.41, 5.74) is 0. The minimum absolute atomic E-state index is 0.0292. The summed E-state index contributed by atoms with van der Waals surface area (Å²) in [5.74, 6) is 0.390. The molecule has 5 heteroatoms. The molecule has 2 rings (SSSR count). The van der Waals surface area contributed by atoms with Crippen molar-refractivity contribution in [2.45, 2.75) is 75.2 Å². The quantitative estimate of drug-likeness (QED) is 0.764. The van der Waals surface area contributed by atoms with E-state index in [2.05, 4.69) is 33.0 Å². The summed E-state index contributed by atoms with van der Waals surface area (Å²) in [7, 11) is -2.64. The Morgan fingerprint density at radius 1 is 1.30 bits per heavy atom. The Hall–Kier alpha value is 0.500. The van der Waals surface area contributed by atoms with Crippen LogP contribution in [0.3, 0.4) is 0 Å². The fraction of sp³-hybridized carbons (Fsp3) is 1.00. The van der Waals surface area contributed by atoms with E-state index in [1.165, 1.54) is 32.1 Å². The third kappa shape index (κ3) is 3.63. The highest BCUT2D eigenvalue weighted by Gasteiger charge is 2.55. The van der Waals surface area contributed by atoms with Crippen molar-refractivity contribution in [1.29, 1.82) is 0 Å². The van der Waals surface area contributed by atoms with Crippen LogP contribution in [0.15, 0.2) is 0 Å². The molecule has 1 heterocycles. The minimum atomic E-state index is -2.64. The highest BCUT2D eigenvalue weighted by Crippen LogP contribution is 2.62. The van der Waals surface area contributed by atoms with Gasteiger partial charge in [0.05, 0.1) is 17.3 Å². The standard InChI is InChI=1S/C15H30NO2PS/c1-12(2)11-18-19(5,17)13-14(3,4)20-15(16-13)9-7-6-8-10-15/h12-13,16H,6-11H2,1-5H3. The molecule has 0 bridgehead atoms. The van der Waals surface area contributed by atoms with Gasteiger partial charge < -0.3 is 4.52 Å². The van der Waals surface area contributed by atoms with E-state index in [9.17, 15) is 4.57 Å². The highest BCUT2D eigenvalue weighted by atomic mass is 32.2. The van der Waals surface area contributed by atoms with Crippen molar-refractivity contribution in [2.75, 3.05) is 13.3 Å². The SMILES string of the molecule is CC(C)COP(C)(=O)C1NC2(CCCCC2)SC1(C)C. The molecule has 1 spiro atoms. The fourth-order valence-electron chi connectivity index (χ4n) is 3.43. The van der Waals surface area contributed by atoms with Gasteiger partial charge in [0.2, 0.25) is 7.37 Å². The molecule has 0 amide bonds. The molecule has 0 aromatic rings. The third-order valence-corrected chi connectivity index (χ3v) is 8.54. The van der Waals surface area contributed by atoms with Gasteiger partial charge >= 0.3 is 0 Å². The molecule has 1 saturated carbocycles. The Kier molecular flexibility index (Phi) is 5.01. The zero-order valence-electron chi connectivity index (χ0n) is 13.6. The monoisotopic (exact) mass is 319 g/mol. The molecular formula is C15H30NO2PS. The van der Waals surface area contributed by atoms with E-state index in [4.69, 9.17) is 4.52 Å². The largest absolute Gasteiger partial charge is 0.327 e. The maximum Gasteiger partial charge on any atom is 0.217 e. The number of rotatable bonds is 4. The molecule has 1 aliphatic carbocycles. The first kappa shape index (κ1) is 16.9. The molecule has 2 aliphatic rings. The van der Waals surface area contributed by atoms with Crippen molar-refractivity contribution in [3.05, 3.63) is 0 Å². The Morgan fingerprint density at radius 2 is 1.90 bits per heavy atom. The number of nitrogens with one attached hydrogen (secondary N) is 1. The van der Waals surface area contributed by atoms with Crippen molar-refractivity contribution in [3.63, 3.8) is 0 Å². The van der Waals surface area contributed by atoms with Crippen LogP contribution in [0.4, 0.5) is 0 Å². The number of thioether (sulfide) groups is 1. The summed E-state index contributed by atoms with van der Waals surface area (Å²) in [6.07, 6.45) is 6.29. The molecule has 1 saturated heterocycles. The minimum Gasteiger partial charge on any atom is -0.327 e. The van der Waals surface area contributed by atoms with Gasteiger partial charge in [-0.25, -0.2) is 0 Å². The van der Waals surface area contributed by atoms with Crippen LogP contribution >= 0.6 is 19.1 Å². The van der Waals surface area contributed by atoms with Crippen molar-refractivity contribution < 1.29 is 9.09 Å². The summed E-state index contributed by atoms with van der Waals surface area (Å²) in [4.78, 5) is 0.138. The number of hydrogen-bond acceptors (Lipinski definition) is 4. The van der Waals surface area contributed by atoms with Crippen LogP contribution in [0, 0.1) is 5.92 Å². The van der Waals surface area contributed by atoms with Gasteiger partial charge in [-0.3, -0.25) is 9.88 Å². The zero-order valence-corrected chi connectivity index (χ0v) is 15.3. The van der Waals surface area contributed by atoms with E-state index in [1.807, 2.05) is 18.4 Å². The smallest absolute Gasteiger partial charge is 0.217 e. The molecule has 1 aliphatic heterocycles. The van der Waals surface area contributed by atoms with Crippen molar-refractivity contribution >= 4 is 19.1 Å². The maximum atomic E-state index is 13.1. The normalized spacial score (nSPS) is 31.6. The average Bonchev–Trinajstić information content (AvgIpc) is 2.60. The van der Waals surface area contributed by atoms with Crippen molar-refractivity contribution in [2.24, 2.45) is 5.92 Å². The first-order valence-electron chi connectivity index (χ1n) is 7.86. The lowest BCUT2D eigenvalue weighted by Crippen LogP contribution is -2.45. The molecule has 20 heavy (non-hydrogen) atoms. The van der Waals surface area contributed by atoms with Gasteiger partial charge in [0.25, 0.3) is 0 Å². The van der Waals surface area contributed by atoms with Gasteiger partial charge in [-0.1, -0.05) is 33.1 Å². The van der Waals surface area contributed by atoms with Crippen molar-refractivity contribution in [1.82, 2.24) is 5.32 Å². The molecule has 0 aromatic carbocycles. The molecular weight excluding hydrogens is 289 g/mol.